The van der Waals surface area contributed by atoms with Gasteiger partial charge >= 0.3 is 0 Å². The van der Waals surface area contributed by atoms with Crippen LogP contribution in [0.2, 0.25) is 0 Å². The SMILES string of the molecule is Cn1cc(-c2ccc(C3[C@@H](N)C(=O)N3c3ccc4nc[nH]c4c3)c(F)c2)cn1. The van der Waals surface area contributed by atoms with Gasteiger partial charge in [0.1, 0.15) is 11.9 Å². The van der Waals surface area contributed by atoms with Gasteiger partial charge in [0.05, 0.1) is 29.6 Å². The lowest BCUT2D eigenvalue weighted by atomic mass is 9.87. The molecule has 140 valence electrons. The number of hydrogen-bond donors (Lipinski definition) is 2. The first-order valence-electron chi connectivity index (χ1n) is 8.83. The minimum absolute atomic E-state index is 0.236. The molecule has 3 heterocycles. The number of hydrogen-bond acceptors (Lipinski definition) is 4. The van der Waals surface area contributed by atoms with E-state index in [0.29, 0.717) is 11.3 Å². The van der Waals surface area contributed by atoms with E-state index >= 15 is 0 Å². The van der Waals surface area contributed by atoms with Crippen LogP contribution in [0.4, 0.5) is 10.1 Å². The summed E-state index contributed by atoms with van der Waals surface area (Å²) in [7, 11) is 1.81. The lowest BCUT2D eigenvalue weighted by molar-refractivity contribution is -0.126. The van der Waals surface area contributed by atoms with Gasteiger partial charge in [0.15, 0.2) is 0 Å². The van der Waals surface area contributed by atoms with Crippen LogP contribution in [0.5, 0.6) is 0 Å². The van der Waals surface area contributed by atoms with Gasteiger partial charge in [0.2, 0.25) is 5.91 Å². The smallest absolute Gasteiger partial charge is 0.247 e. The molecule has 0 saturated carbocycles. The lowest BCUT2D eigenvalue weighted by Gasteiger charge is -2.45. The molecule has 0 bridgehead atoms. The fraction of sp³-hybridized carbons (Fsp3) is 0.150. The third-order valence-electron chi connectivity index (χ3n) is 5.18. The van der Waals surface area contributed by atoms with Crippen molar-refractivity contribution in [2.24, 2.45) is 12.8 Å². The summed E-state index contributed by atoms with van der Waals surface area (Å²) in [5.41, 5.74) is 10.2. The third-order valence-corrected chi connectivity index (χ3v) is 5.18. The summed E-state index contributed by atoms with van der Waals surface area (Å²) in [6.45, 7) is 0. The Labute approximate surface area is 159 Å². The van der Waals surface area contributed by atoms with E-state index in [2.05, 4.69) is 15.1 Å². The van der Waals surface area contributed by atoms with Gasteiger partial charge in [-0.05, 0) is 29.8 Å². The Bertz CT molecular complexity index is 1210. The maximum Gasteiger partial charge on any atom is 0.247 e. The first-order chi connectivity index (χ1) is 13.5. The summed E-state index contributed by atoms with van der Waals surface area (Å²) >= 11 is 0. The number of aromatic amines is 1. The van der Waals surface area contributed by atoms with Crippen LogP contribution in [0.15, 0.2) is 55.1 Å². The molecule has 2 aromatic carbocycles. The molecule has 7 nitrogen and oxygen atoms in total. The van der Waals surface area contributed by atoms with E-state index in [1.54, 1.807) is 29.3 Å². The zero-order chi connectivity index (χ0) is 19.4. The molecule has 0 aliphatic carbocycles. The molecule has 1 amide bonds. The summed E-state index contributed by atoms with van der Waals surface area (Å²) in [5, 5.41) is 4.11. The number of aromatic nitrogens is 4. The Balaban J connectivity index is 1.52. The maximum atomic E-state index is 15.0. The van der Waals surface area contributed by atoms with Crippen LogP contribution in [0.1, 0.15) is 11.6 Å². The van der Waals surface area contributed by atoms with Gasteiger partial charge in [-0.2, -0.15) is 5.10 Å². The average Bonchev–Trinajstić information content (AvgIpc) is 3.34. The standard InChI is InChI=1S/C20H17FN6O/c1-26-9-12(8-25-26)11-2-4-14(15(21)6-11)19-18(22)20(28)27(19)13-3-5-16-17(7-13)24-10-23-16/h2-10,18-19H,22H2,1H3,(H,23,24)/t18-,19?/m1/s1. The molecule has 1 saturated heterocycles. The highest BCUT2D eigenvalue weighted by molar-refractivity contribution is 6.06. The summed E-state index contributed by atoms with van der Waals surface area (Å²) in [6.07, 6.45) is 5.09. The summed E-state index contributed by atoms with van der Waals surface area (Å²) < 4.78 is 16.6. The van der Waals surface area contributed by atoms with Crippen LogP contribution >= 0.6 is 0 Å². The van der Waals surface area contributed by atoms with Gasteiger partial charge in [-0.15, -0.1) is 0 Å². The zero-order valence-electron chi connectivity index (χ0n) is 15.0. The quantitative estimate of drug-likeness (QED) is 0.538. The molecular formula is C20H17FN6O. The molecule has 1 fully saturated rings. The van der Waals surface area contributed by atoms with Gasteiger partial charge < -0.3 is 15.6 Å². The van der Waals surface area contributed by atoms with E-state index in [1.807, 2.05) is 31.4 Å². The largest absolute Gasteiger partial charge is 0.345 e. The van der Waals surface area contributed by atoms with Crippen LogP contribution < -0.4 is 10.6 Å². The second kappa shape index (κ2) is 6.00. The molecule has 2 atom stereocenters. The number of amides is 1. The van der Waals surface area contributed by atoms with E-state index in [0.717, 1.165) is 22.2 Å². The Morgan fingerprint density at radius 1 is 1.18 bits per heavy atom. The fourth-order valence-corrected chi connectivity index (χ4v) is 3.72. The van der Waals surface area contributed by atoms with Crippen molar-refractivity contribution >= 4 is 22.6 Å². The molecule has 4 aromatic rings. The number of imidazole rings is 1. The number of carbonyl (C=O) groups excluding carboxylic acids is 1. The van der Waals surface area contributed by atoms with Crippen molar-refractivity contribution in [2.75, 3.05) is 4.90 Å². The molecule has 2 aromatic heterocycles. The van der Waals surface area contributed by atoms with E-state index < -0.39 is 17.9 Å². The van der Waals surface area contributed by atoms with Gasteiger partial charge in [-0.3, -0.25) is 9.48 Å². The summed E-state index contributed by atoms with van der Waals surface area (Å²) in [5.74, 6) is -0.637. The Hall–Kier alpha value is -3.52. The van der Waals surface area contributed by atoms with E-state index in [9.17, 15) is 9.18 Å². The number of rotatable bonds is 3. The number of nitrogens with one attached hydrogen (secondary N) is 1. The number of anilines is 1. The fourth-order valence-electron chi connectivity index (χ4n) is 3.72. The van der Waals surface area contributed by atoms with Crippen LogP contribution in [0.3, 0.4) is 0 Å². The third kappa shape index (κ3) is 2.42. The highest BCUT2D eigenvalue weighted by atomic mass is 19.1. The number of nitrogens with two attached hydrogens (primary N) is 1. The number of carbonyl (C=O) groups is 1. The lowest BCUT2D eigenvalue weighted by Crippen LogP contribution is -2.63. The first-order valence-corrected chi connectivity index (χ1v) is 8.83. The summed E-state index contributed by atoms with van der Waals surface area (Å²) in [4.78, 5) is 21.2. The Morgan fingerprint density at radius 2 is 2.04 bits per heavy atom. The molecule has 28 heavy (non-hydrogen) atoms. The normalized spacial score (nSPS) is 19.2. The van der Waals surface area contributed by atoms with Crippen LogP contribution in [-0.4, -0.2) is 31.7 Å². The van der Waals surface area contributed by atoms with Crippen molar-refractivity contribution < 1.29 is 9.18 Å². The van der Waals surface area contributed by atoms with Crippen molar-refractivity contribution in [1.82, 2.24) is 19.7 Å². The number of halogens is 1. The molecule has 5 rings (SSSR count). The van der Waals surface area contributed by atoms with E-state index in [4.69, 9.17) is 5.73 Å². The van der Waals surface area contributed by atoms with Crippen molar-refractivity contribution in [3.8, 4) is 11.1 Å². The second-order valence-corrected chi connectivity index (χ2v) is 6.92. The predicted octanol–water partition coefficient (Wildman–Crippen LogP) is 2.52. The molecule has 1 aliphatic heterocycles. The van der Waals surface area contributed by atoms with Gasteiger partial charge in [0.25, 0.3) is 0 Å². The molecular weight excluding hydrogens is 359 g/mol. The predicted molar refractivity (Wildman–Crippen MR) is 103 cm³/mol. The highest BCUT2D eigenvalue weighted by Crippen LogP contribution is 2.40. The Kier molecular flexibility index (Phi) is 3.56. The number of fused-ring (bicyclic) bond motifs is 1. The highest BCUT2D eigenvalue weighted by Gasteiger charge is 2.47. The Morgan fingerprint density at radius 3 is 2.79 bits per heavy atom. The van der Waals surface area contributed by atoms with Gasteiger partial charge in [0, 0.05) is 30.1 Å². The number of β-lactam (4-membered cyclic amide) rings is 1. The molecule has 1 aliphatic rings. The average molecular weight is 376 g/mol. The molecule has 0 radical (unpaired) electrons. The molecule has 1 unspecified atom stereocenters. The molecule has 0 spiro atoms. The van der Waals surface area contributed by atoms with Crippen molar-refractivity contribution in [2.45, 2.75) is 12.1 Å². The minimum Gasteiger partial charge on any atom is -0.345 e. The summed E-state index contributed by atoms with van der Waals surface area (Å²) in [6, 6.07) is 9.06. The van der Waals surface area contributed by atoms with Crippen molar-refractivity contribution in [3.05, 3.63) is 66.5 Å². The number of aryl methyl sites for hydroxylation is 1. The van der Waals surface area contributed by atoms with Crippen molar-refractivity contribution in [3.63, 3.8) is 0 Å². The van der Waals surface area contributed by atoms with Crippen LogP contribution in [0.25, 0.3) is 22.2 Å². The van der Waals surface area contributed by atoms with Gasteiger partial charge in [-0.1, -0.05) is 12.1 Å². The first kappa shape index (κ1) is 16.6. The number of benzene rings is 2. The minimum atomic E-state index is -0.781. The molecule has 8 heteroatoms. The van der Waals surface area contributed by atoms with E-state index in [-0.39, 0.29) is 5.91 Å². The number of nitrogens with zero attached hydrogens (tertiary/aromatic N) is 4. The van der Waals surface area contributed by atoms with Crippen LogP contribution in [0, 0.1) is 5.82 Å². The van der Waals surface area contributed by atoms with E-state index in [1.165, 1.54) is 11.0 Å². The van der Waals surface area contributed by atoms with Crippen molar-refractivity contribution in [1.29, 1.82) is 0 Å². The molecule has 3 N–H and O–H groups in total. The number of H-pyrrole nitrogens is 1. The van der Waals surface area contributed by atoms with Gasteiger partial charge in [-0.25, -0.2) is 9.37 Å². The topological polar surface area (TPSA) is 92.8 Å². The zero-order valence-corrected chi connectivity index (χ0v) is 15.0. The monoisotopic (exact) mass is 376 g/mol. The van der Waals surface area contributed by atoms with Crippen LogP contribution in [-0.2, 0) is 11.8 Å². The second-order valence-electron chi connectivity index (χ2n) is 6.92. The maximum absolute atomic E-state index is 15.0.